The Balaban J connectivity index is 1.50. The highest BCUT2D eigenvalue weighted by Gasteiger charge is 2.21. The first-order chi connectivity index (χ1) is 16.9. The minimum absolute atomic E-state index is 0.0126. The molecule has 5 rings (SSSR count). The zero-order valence-corrected chi connectivity index (χ0v) is 20.0. The second kappa shape index (κ2) is 9.68. The van der Waals surface area contributed by atoms with Crippen LogP contribution in [-0.4, -0.2) is 40.5 Å². The van der Waals surface area contributed by atoms with Crippen molar-refractivity contribution in [1.29, 1.82) is 0 Å². The summed E-state index contributed by atoms with van der Waals surface area (Å²) in [5.74, 6) is 0.757. The number of sulfonamides is 1. The molecule has 0 fully saturated rings. The van der Waals surface area contributed by atoms with Gasteiger partial charge >= 0.3 is 0 Å². The Morgan fingerprint density at radius 3 is 2.83 bits per heavy atom. The van der Waals surface area contributed by atoms with Crippen LogP contribution in [0.1, 0.15) is 29.3 Å². The van der Waals surface area contributed by atoms with Crippen molar-refractivity contribution in [3.63, 3.8) is 0 Å². The Morgan fingerprint density at radius 2 is 2.00 bits per heavy atom. The highest BCUT2D eigenvalue weighted by Crippen LogP contribution is 2.26. The van der Waals surface area contributed by atoms with Gasteiger partial charge in [-0.3, -0.25) is 0 Å². The van der Waals surface area contributed by atoms with E-state index in [2.05, 4.69) is 15.1 Å². The quantitative estimate of drug-likeness (QED) is 0.386. The molecule has 2 aromatic heterocycles. The van der Waals surface area contributed by atoms with Gasteiger partial charge in [0, 0.05) is 30.5 Å². The van der Waals surface area contributed by atoms with Crippen molar-refractivity contribution < 1.29 is 17.5 Å². The van der Waals surface area contributed by atoms with Crippen molar-refractivity contribution in [3.8, 4) is 5.95 Å². The zero-order chi connectivity index (χ0) is 24.4. The second-order valence-corrected chi connectivity index (χ2v) is 10.3. The molecule has 182 valence electrons. The molecule has 2 aromatic carbocycles. The van der Waals surface area contributed by atoms with Gasteiger partial charge in [0.15, 0.2) is 0 Å². The highest BCUT2D eigenvalue weighted by molar-refractivity contribution is 7.89. The minimum Gasteiger partial charge on any atom is -0.375 e. The van der Waals surface area contributed by atoms with E-state index in [4.69, 9.17) is 14.7 Å². The normalized spacial score (nSPS) is 13.7. The molecule has 9 nitrogen and oxygen atoms in total. The lowest BCUT2D eigenvalue weighted by Gasteiger charge is -2.20. The fourth-order valence-corrected chi connectivity index (χ4v) is 4.61. The summed E-state index contributed by atoms with van der Waals surface area (Å²) >= 11 is 0. The summed E-state index contributed by atoms with van der Waals surface area (Å²) in [7, 11) is -3.33. The molecule has 35 heavy (non-hydrogen) atoms. The fraction of sp³-hybridized carbons (Fsp3) is 0.292. The number of halogens is 1. The predicted octanol–water partition coefficient (Wildman–Crippen LogP) is 3.08. The van der Waals surface area contributed by atoms with E-state index in [-0.39, 0.29) is 18.1 Å². The molecule has 0 radical (unpaired) electrons. The van der Waals surface area contributed by atoms with Crippen LogP contribution in [0.25, 0.3) is 16.9 Å². The number of rotatable bonds is 8. The average Bonchev–Trinajstić information content (AvgIpc) is 3.31. The van der Waals surface area contributed by atoms with Crippen LogP contribution in [0.4, 0.5) is 10.2 Å². The van der Waals surface area contributed by atoms with Gasteiger partial charge < -0.3 is 10.1 Å². The Hall–Kier alpha value is -3.41. The lowest BCUT2D eigenvalue weighted by atomic mass is 10.1. The van der Waals surface area contributed by atoms with Gasteiger partial charge in [-0.1, -0.05) is 24.3 Å². The third-order valence-corrected chi connectivity index (χ3v) is 7.27. The van der Waals surface area contributed by atoms with Gasteiger partial charge in [0.05, 0.1) is 36.4 Å². The number of aromatic nitrogens is 4. The van der Waals surface area contributed by atoms with Crippen LogP contribution in [0.2, 0.25) is 0 Å². The molecule has 0 unspecified atom stereocenters. The number of ether oxygens (including phenoxy) is 1. The maximum atomic E-state index is 13.6. The molecular formula is C24H25FN6O3S. The molecule has 0 atom stereocenters. The first-order valence-corrected chi connectivity index (χ1v) is 13.0. The number of nitrogens with zero attached hydrogens (tertiary/aromatic N) is 4. The van der Waals surface area contributed by atoms with Crippen molar-refractivity contribution >= 4 is 26.7 Å². The smallest absolute Gasteiger partial charge is 0.253 e. The number of anilines is 1. The van der Waals surface area contributed by atoms with Crippen molar-refractivity contribution in [2.45, 2.75) is 33.0 Å². The summed E-state index contributed by atoms with van der Waals surface area (Å²) in [5.41, 5.74) is 4.11. The summed E-state index contributed by atoms with van der Waals surface area (Å²) in [4.78, 5) is 9.48. The van der Waals surface area contributed by atoms with E-state index in [0.717, 1.165) is 33.3 Å². The average molecular weight is 497 g/mol. The van der Waals surface area contributed by atoms with Gasteiger partial charge in [0.2, 0.25) is 10.0 Å². The van der Waals surface area contributed by atoms with Crippen LogP contribution in [0.3, 0.4) is 0 Å². The molecule has 0 spiro atoms. The van der Waals surface area contributed by atoms with Gasteiger partial charge in [-0.2, -0.15) is 14.8 Å². The molecule has 0 aliphatic carbocycles. The van der Waals surface area contributed by atoms with Crippen LogP contribution >= 0.6 is 0 Å². The van der Waals surface area contributed by atoms with E-state index in [0.29, 0.717) is 37.9 Å². The van der Waals surface area contributed by atoms with Crippen molar-refractivity contribution in [2.75, 3.05) is 17.7 Å². The summed E-state index contributed by atoms with van der Waals surface area (Å²) in [5, 5.41) is 8.64. The zero-order valence-electron chi connectivity index (χ0n) is 19.2. The topological polar surface area (TPSA) is 111 Å². The number of fused-ring (bicyclic) bond motifs is 2. The van der Waals surface area contributed by atoms with Crippen molar-refractivity contribution in [1.82, 2.24) is 24.5 Å². The molecule has 3 heterocycles. The van der Waals surface area contributed by atoms with Crippen molar-refractivity contribution in [3.05, 3.63) is 76.9 Å². The van der Waals surface area contributed by atoms with Crippen LogP contribution < -0.4 is 10.0 Å². The molecule has 1 aliphatic heterocycles. The number of hydrogen-bond acceptors (Lipinski definition) is 7. The Bertz CT molecular complexity index is 1490. The molecule has 2 N–H and O–H groups in total. The summed E-state index contributed by atoms with van der Waals surface area (Å²) < 4.78 is 47.3. The molecular weight excluding hydrogens is 471 g/mol. The second-order valence-electron chi connectivity index (χ2n) is 8.21. The van der Waals surface area contributed by atoms with E-state index >= 15 is 0 Å². The summed E-state index contributed by atoms with van der Waals surface area (Å²) in [6, 6.07) is 12.0. The van der Waals surface area contributed by atoms with Crippen LogP contribution in [0.15, 0.2) is 48.7 Å². The number of benzene rings is 2. The van der Waals surface area contributed by atoms with Gasteiger partial charge in [0.25, 0.3) is 5.95 Å². The molecule has 0 saturated heterocycles. The van der Waals surface area contributed by atoms with E-state index < -0.39 is 10.0 Å². The molecule has 1 aliphatic rings. The first kappa shape index (κ1) is 23.3. The van der Waals surface area contributed by atoms with Gasteiger partial charge in [-0.25, -0.2) is 22.5 Å². The summed E-state index contributed by atoms with van der Waals surface area (Å²) in [6.45, 7) is 3.11. The SMILES string of the molecule is CCS(=O)(=O)NCc1cccc2c1cnn2-c1nc2c(c(NCc3cccc(F)c3)n1)CCOC2. The number of nitrogens with one attached hydrogen (secondary N) is 2. The number of hydrogen-bond donors (Lipinski definition) is 2. The third-order valence-electron chi connectivity index (χ3n) is 5.92. The Morgan fingerprint density at radius 1 is 1.14 bits per heavy atom. The third kappa shape index (κ3) is 5.02. The highest BCUT2D eigenvalue weighted by atomic mass is 32.2. The molecule has 0 bridgehead atoms. The monoisotopic (exact) mass is 496 g/mol. The largest absolute Gasteiger partial charge is 0.375 e. The Kier molecular flexibility index (Phi) is 6.46. The van der Waals surface area contributed by atoms with Crippen LogP contribution in [0.5, 0.6) is 0 Å². The van der Waals surface area contributed by atoms with Crippen LogP contribution in [0, 0.1) is 5.82 Å². The lowest BCUT2D eigenvalue weighted by molar-refractivity contribution is 0.107. The molecule has 4 aromatic rings. The molecule has 0 saturated carbocycles. The fourth-order valence-electron chi connectivity index (χ4n) is 4.03. The lowest BCUT2D eigenvalue weighted by Crippen LogP contribution is -2.24. The Labute approximate surface area is 202 Å². The summed E-state index contributed by atoms with van der Waals surface area (Å²) in [6.07, 6.45) is 2.35. The first-order valence-electron chi connectivity index (χ1n) is 11.3. The molecule has 0 amide bonds. The van der Waals surface area contributed by atoms with Crippen LogP contribution in [-0.2, 0) is 40.9 Å². The van der Waals surface area contributed by atoms with E-state index in [1.54, 1.807) is 23.9 Å². The van der Waals surface area contributed by atoms with Gasteiger partial charge in [0.1, 0.15) is 11.6 Å². The predicted molar refractivity (Wildman–Crippen MR) is 130 cm³/mol. The minimum atomic E-state index is -3.33. The van der Waals surface area contributed by atoms with E-state index in [1.807, 2.05) is 24.3 Å². The van der Waals surface area contributed by atoms with E-state index in [1.165, 1.54) is 12.1 Å². The molecule has 11 heteroatoms. The standard InChI is InChI=1S/C24H25FN6O3S/c1-2-35(32,33)28-13-17-6-4-8-22-20(17)14-27-31(22)24-29-21-15-34-10-9-19(21)23(30-24)26-12-16-5-3-7-18(25)11-16/h3-8,11,14,28H,2,9-10,12-13,15H2,1H3,(H,26,29,30). The van der Waals surface area contributed by atoms with Crippen molar-refractivity contribution in [2.24, 2.45) is 0 Å². The maximum Gasteiger partial charge on any atom is 0.253 e. The van der Waals surface area contributed by atoms with E-state index in [9.17, 15) is 12.8 Å². The van der Waals surface area contributed by atoms with Gasteiger partial charge in [-0.05, 0) is 36.2 Å². The van der Waals surface area contributed by atoms with Gasteiger partial charge in [-0.15, -0.1) is 0 Å². The maximum absolute atomic E-state index is 13.6.